The molecular formula is C68H134N2O6P+. The lowest BCUT2D eigenvalue weighted by atomic mass is 10.0. The maximum atomic E-state index is 13.0. The van der Waals surface area contributed by atoms with Crippen LogP contribution in [0.25, 0.3) is 0 Å². The Morgan fingerprint density at radius 1 is 0.442 bits per heavy atom. The predicted molar refractivity (Wildman–Crippen MR) is 337 cm³/mol. The van der Waals surface area contributed by atoms with Gasteiger partial charge in [0.05, 0.1) is 39.9 Å². The molecule has 9 heteroatoms. The minimum absolute atomic E-state index is 0.0620. The van der Waals surface area contributed by atoms with Crippen LogP contribution in [0.5, 0.6) is 0 Å². The lowest BCUT2D eigenvalue weighted by Crippen LogP contribution is -2.45. The summed E-state index contributed by atoms with van der Waals surface area (Å²) >= 11 is 0. The Morgan fingerprint density at radius 2 is 0.740 bits per heavy atom. The van der Waals surface area contributed by atoms with Crippen molar-refractivity contribution in [3.63, 3.8) is 0 Å². The Labute approximate surface area is 480 Å². The Bertz CT molecular complexity index is 1350. The SMILES string of the molecule is CCCCCCC/C=C\C/C=C\CCCCCCCCCCCCCC(=O)NC(COP(=O)(O)OCC[N+](C)(C)C)C(O)/C=C/CCCCCCCCCCCCCCCCCCCCCCCCCCCCCCCC. The molecule has 0 bridgehead atoms. The zero-order chi connectivity index (χ0) is 56.3. The highest BCUT2D eigenvalue weighted by Gasteiger charge is 2.28. The molecule has 0 aliphatic rings. The van der Waals surface area contributed by atoms with E-state index in [1.54, 1.807) is 6.08 Å². The smallest absolute Gasteiger partial charge is 0.387 e. The summed E-state index contributed by atoms with van der Waals surface area (Å²) in [5.74, 6) is -0.174. The van der Waals surface area contributed by atoms with E-state index in [9.17, 15) is 19.4 Å². The number of amides is 1. The second-order valence-corrected chi connectivity index (χ2v) is 26.0. The van der Waals surface area contributed by atoms with Gasteiger partial charge in [-0.1, -0.05) is 320 Å². The van der Waals surface area contributed by atoms with Crippen LogP contribution in [0.3, 0.4) is 0 Å². The molecule has 0 aromatic carbocycles. The largest absolute Gasteiger partial charge is 0.472 e. The van der Waals surface area contributed by atoms with Gasteiger partial charge in [-0.3, -0.25) is 13.8 Å². The number of rotatable bonds is 63. The fourth-order valence-corrected chi connectivity index (χ4v) is 11.0. The number of likely N-dealkylation sites (N-methyl/N-ethyl adjacent to an activating group) is 1. The molecule has 0 aromatic heterocycles. The van der Waals surface area contributed by atoms with Gasteiger partial charge in [-0.25, -0.2) is 4.57 Å². The Balaban J connectivity index is 4.06. The van der Waals surface area contributed by atoms with Crippen LogP contribution in [0, 0.1) is 0 Å². The first-order valence-electron chi connectivity index (χ1n) is 33.9. The van der Waals surface area contributed by atoms with Gasteiger partial charge in [0, 0.05) is 6.42 Å². The van der Waals surface area contributed by atoms with Crippen molar-refractivity contribution in [2.45, 2.75) is 353 Å². The summed E-state index contributed by atoms with van der Waals surface area (Å²) in [6.45, 7) is 4.85. The maximum Gasteiger partial charge on any atom is 0.472 e. The van der Waals surface area contributed by atoms with Crippen molar-refractivity contribution in [1.29, 1.82) is 0 Å². The van der Waals surface area contributed by atoms with Crippen molar-refractivity contribution in [2.24, 2.45) is 0 Å². The van der Waals surface area contributed by atoms with Gasteiger partial charge in [-0.05, 0) is 51.4 Å². The Hall–Kier alpha value is -1.28. The number of nitrogens with one attached hydrogen (secondary N) is 1. The first kappa shape index (κ1) is 75.7. The Morgan fingerprint density at radius 3 is 1.06 bits per heavy atom. The van der Waals surface area contributed by atoms with E-state index < -0.39 is 20.0 Å². The van der Waals surface area contributed by atoms with Crippen molar-refractivity contribution in [3.05, 3.63) is 36.5 Å². The van der Waals surface area contributed by atoms with E-state index in [1.165, 1.54) is 276 Å². The molecule has 0 saturated carbocycles. The van der Waals surface area contributed by atoms with Gasteiger partial charge in [0.2, 0.25) is 5.91 Å². The molecule has 77 heavy (non-hydrogen) atoms. The van der Waals surface area contributed by atoms with E-state index in [0.717, 1.165) is 44.9 Å². The summed E-state index contributed by atoms with van der Waals surface area (Å²) in [6, 6.07) is -0.849. The molecular weight excluding hydrogens is 972 g/mol. The molecule has 3 atom stereocenters. The van der Waals surface area contributed by atoms with Crippen LogP contribution < -0.4 is 5.32 Å². The fourth-order valence-electron chi connectivity index (χ4n) is 10.3. The zero-order valence-electron chi connectivity index (χ0n) is 52.2. The summed E-state index contributed by atoms with van der Waals surface area (Å²) in [4.78, 5) is 23.4. The normalized spacial score (nSPS) is 13.9. The average molecular weight is 1110 g/mol. The molecule has 0 spiro atoms. The van der Waals surface area contributed by atoms with Gasteiger partial charge < -0.3 is 19.8 Å². The highest BCUT2D eigenvalue weighted by molar-refractivity contribution is 7.47. The van der Waals surface area contributed by atoms with Gasteiger partial charge >= 0.3 is 7.82 Å². The standard InChI is InChI=1S/C68H133N2O6P/c1-6-8-10-12-14-16-18-20-22-24-26-28-30-31-32-33-34-35-36-37-38-40-41-43-45-47-49-51-53-55-57-59-61-67(71)66(65-76-77(73,74)75-64-63-70(3,4)5)69-68(72)62-60-58-56-54-52-50-48-46-44-42-39-29-27-25-23-21-19-17-15-13-11-9-7-2/h19,21,25,27,59,61,66-67,71H,6-18,20,22-24,26,28-58,60,62-65H2,1-5H3,(H-,69,72,73,74)/p+1/b21-19-,27-25-,61-59+. The second-order valence-electron chi connectivity index (χ2n) is 24.6. The average Bonchev–Trinajstić information content (AvgIpc) is 3.39. The summed E-state index contributed by atoms with van der Waals surface area (Å²) in [5, 5.41) is 14.0. The van der Waals surface area contributed by atoms with Gasteiger partial charge in [0.25, 0.3) is 0 Å². The van der Waals surface area contributed by atoms with Gasteiger partial charge in [0.15, 0.2) is 0 Å². The number of phosphoric ester groups is 1. The number of carbonyl (C=O) groups is 1. The van der Waals surface area contributed by atoms with Crippen LogP contribution >= 0.6 is 7.82 Å². The first-order chi connectivity index (χ1) is 37.5. The summed E-state index contributed by atoms with van der Waals surface area (Å²) in [6.07, 6.45) is 78.5. The van der Waals surface area contributed by atoms with E-state index in [-0.39, 0.29) is 19.1 Å². The topological polar surface area (TPSA) is 105 Å². The van der Waals surface area contributed by atoms with E-state index in [0.29, 0.717) is 17.4 Å². The lowest BCUT2D eigenvalue weighted by molar-refractivity contribution is -0.870. The number of hydrogen-bond acceptors (Lipinski definition) is 5. The molecule has 1 amide bonds. The molecule has 3 N–H and O–H groups in total. The lowest BCUT2D eigenvalue weighted by Gasteiger charge is -2.25. The number of aliphatic hydroxyl groups excluding tert-OH is 1. The molecule has 0 heterocycles. The summed E-state index contributed by atoms with van der Waals surface area (Å²) in [5.41, 5.74) is 0. The number of quaternary nitrogens is 1. The number of hydrogen-bond donors (Lipinski definition) is 3. The van der Waals surface area contributed by atoms with Crippen molar-refractivity contribution >= 4 is 13.7 Å². The van der Waals surface area contributed by atoms with Crippen LogP contribution in [0.1, 0.15) is 341 Å². The van der Waals surface area contributed by atoms with Crippen molar-refractivity contribution in [1.82, 2.24) is 5.32 Å². The highest BCUT2D eigenvalue weighted by Crippen LogP contribution is 2.43. The van der Waals surface area contributed by atoms with E-state index >= 15 is 0 Å². The molecule has 8 nitrogen and oxygen atoms in total. The maximum absolute atomic E-state index is 13.0. The number of carbonyl (C=O) groups excluding carboxylic acids is 1. The third-order valence-corrected chi connectivity index (χ3v) is 16.6. The van der Waals surface area contributed by atoms with Crippen LogP contribution in [-0.2, 0) is 18.4 Å². The number of aliphatic hydroxyl groups is 1. The van der Waals surface area contributed by atoms with Crippen LogP contribution in [0.15, 0.2) is 36.5 Å². The molecule has 456 valence electrons. The number of phosphoric acid groups is 1. The van der Waals surface area contributed by atoms with Crippen LogP contribution in [-0.4, -0.2) is 73.4 Å². The Kier molecular flexibility index (Phi) is 58.4. The monoisotopic (exact) mass is 1110 g/mol. The predicted octanol–water partition coefficient (Wildman–Crippen LogP) is 21.3. The quantitative estimate of drug-likeness (QED) is 0.0243. The minimum Gasteiger partial charge on any atom is -0.387 e. The molecule has 0 aromatic rings. The number of unbranched alkanes of at least 4 members (excludes halogenated alkanes) is 46. The molecule has 3 unspecified atom stereocenters. The second kappa shape index (κ2) is 59.3. The molecule has 0 radical (unpaired) electrons. The molecule has 0 saturated heterocycles. The zero-order valence-corrected chi connectivity index (χ0v) is 53.1. The first-order valence-corrected chi connectivity index (χ1v) is 35.4. The van der Waals surface area contributed by atoms with E-state index in [4.69, 9.17) is 9.05 Å². The molecule has 0 aliphatic carbocycles. The molecule has 0 fully saturated rings. The third kappa shape index (κ3) is 62.2. The third-order valence-electron chi connectivity index (χ3n) is 15.6. The molecule has 0 aliphatic heterocycles. The summed E-state index contributed by atoms with van der Waals surface area (Å²) in [7, 11) is 1.58. The van der Waals surface area contributed by atoms with Crippen molar-refractivity contribution in [3.8, 4) is 0 Å². The van der Waals surface area contributed by atoms with Crippen molar-refractivity contribution < 1.29 is 32.9 Å². The van der Waals surface area contributed by atoms with Crippen LogP contribution in [0.2, 0.25) is 0 Å². The van der Waals surface area contributed by atoms with Gasteiger partial charge in [-0.2, -0.15) is 0 Å². The summed E-state index contributed by atoms with van der Waals surface area (Å²) < 4.78 is 23.8. The molecule has 0 rings (SSSR count). The van der Waals surface area contributed by atoms with Crippen LogP contribution in [0.4, 0.5) is 0 Å². The highest BCUT2D eigenvalue weighted by atomic mass is 31.2. The van der Waals surface area contributed by atoms with Gasteiger partial charge in [-0.15, -0.1) is 0 Å². The van der Waals surface area contributed by atoms with Crippen molar-refractivity contribution in [2.75, 3.05) is 40.9 Å². The van der Waals surface area contributed by atoms with E-state index in [2.05, 4.69) is 43.5 Å². The fraction of sp³-hybridized carbons (Fsp3) is 0.897. The number of allylic oxidation sites excluding steroid dienone is 5. The minimum atomic E-state index is -4.35. The number of nitrogens with zero attached hydrogens (tertiary/aromatic N) is 1. The van der Waals surface area contributed by atoms with E-state index in [1.807, 2.05) is 27.2 Å². The van der Waals surface area contributed by atoms with Gasteiger partial charge in [0.1, 0.15) is 13.2 Å².